The molecule has 0 aliphatic heterocycles. The average molecular weight is 488 g/mol. The van der Waals surface area contributed by atoms with Gasteiger partial charge < -0.3 is 29.1 Å². The van der Waals surface area contributed by atoms with Crippen molar-refractivity contribution in [3.63, 3.8) is 0 Å². The first-order chi connectivity index (χ1) is 17.3. The lowest BCUT2D eigenvalue weighted by Crippen LogP contribution is -2.08. The molecule has 0 saturated heterocycles. The number of esters is 1. The molecule has 0 aliphatic carbocycles. The monoisotopic (exact) mass is 487 g/mol. The van der Waals surface area contributed by atoms with E-state index in [0.717, 1.165) is 22.3 Å². The van der Waals surface area contributed by atoms with Crippen LogP contribution in [-0.2, 0) is 0 Å². The molecular formula is C28H25NO7. The van der Waals surface area contributed by atoms with Crippen LogP contribution in [0.4, 0.5) is 5.69 Å². The van der Waals surface area contributed by atoms with E-state index in [4.69, 9.17) is 24.0 Å². The highest BCUT2D eigenvalue weighted by atomic mass is 16.5. The summed E-state index contributed by atoms with van der Waals surface area (Å²) in [6.07, 6.45) is 0. The number of anilines is 1. The van der Waals surface area contributed by atoms with Crippen LogP contribution in [0.15, 0.2) is 86.4 Å². The van der Waals surface area contributed by atoms with Crippen molar-refractivity contribution in [3.8, 4) is 17.2 Å². The molecule has 2 heterocycles. The van der Waals surface area contributed by atoms with E-state index in [1.807, 2.05) is 26.0 Å². The number of nitrogen functional groups attached to an aromatic ring is 1. The minimum Gasteiger partial charge on any atom is -0.507 e. The number of carbonyl (C=O) groups is 1. The van der Waals surface area contributed by atoms with Gasteiger partial charge in [-0.25, -0.2) is 9.59 Å². The zero-order chi connectivity index (χ0) is 25.8. The molecule has 184 valence electrons. The minimum atomic E-state index is -0.617. The fourth-order valence-corrected chi connectivity index (χ4v) is 3.62. The second-order valence-electron chi connectivity index (χ2n) is 8.27. The number of aromatic hydroxyl groups is 1. The summed E-state index contributed by atoms with van der Waals surface area (Å²) in [5, 5.41) is 11.3. The van der Waals surface area contributed by atoms with E-state index in [-0.39, 0.29) is 22.9 Å². The van der Waals surface area contributed by atoms with E-state index >= 15 is 0 Å². The molecule has 0 radical (unpaired) electrons. The molecule has 2 aromatic heterocycles. The van der Waals surface area contributed by atoms with Crippen molar-refractivity contribution in [3.05, 3.63) is 94.5 Å². The lowest BCUT2D eigenvalue weighted by atomic mass is 10.1. The zero-order valence-electron chi connectivity index (χ0n) is 20.0. The topological polar surface area (TPSA) is 125 Å². The van der Waals surface area contributed by atoms with E-state index in [1.54, 1.807) is 43.5 Å². The first-order valence-electron chi connectivity index (χ1n) is 11.2. The SMILES string of the molecule is COc1c(C(C)C)oc2cc3oc(=O)ccc3cc12.Nc1ccc(C(=O)Oc2ccccc2)c(O)c1. The Bertz CT molecular complexity index is 1580. The number of ether oxygens (including phenoxy) is 2. The number of benzene rings is 3. The molecular weight excluding hydrogens is 462 g/mol. The normalized spacial score (nSPS) is 10.8. The molecule has 0 spiro atoms. The lowest BCUT2D eigenvalue weighted by Gasteiger charge is -2.06. The van der Waals surface area contributed by atoms with Crippen LogP contribution in [-0.4, -0.2) is 18.2 Å². The first kappa shape index (κ1) is 24.4. The Morgan fingerprint density at radius 2 is 1.69 bits per heavy atom. The van der Waals surface area contributed by atoms with Crippen LogP contribution in [0.25, 0.3) is 21.9 Å². The molecule has 36 heavy (non-hydrogen) atoms. The van der Waals surface area contributed by atoms with Crippen molar-refractivity contribution in [2.24, 2.45) is 0 Å². The number of hydrogen-bond acceptors (Lipinski definition) is 8. The van der Waals surface area contributed by atoms with Crippen LogP contribution in [0.2, 0.25) is 0 Å². The summed E-state index contributed by atoms with van der Waals surface area (Å²) in [4.78, 5) is 23.0. The number of methoxy groups -OCH3 is 1. The van der Waals surface area contributed by atoms with Crippen molar-refractivity contribution in [2.75, 3.05) is 12.8 Å². The minimum absolute atomic E-state index is 0.0862. The summed E-state index contributed by atoms with van der Waals surface area (Å²) in [6, 6.07) is 19.7. The van der Waals surface area contributed by atoms with Crippen LogP contribution in [0.1, 0.15) is 35.9 Å². The summed E-state index contributed by atoms with van der Waals surface area (Å²) < 4.78 is 21.5. The van der Waals surface area contributed by atoms with Crippen molar-refractivity contribution in [1.82, 2.24) is 0 Å². The number of fused-ring (bicyclic) bond motifs is 2. The zero-order valence-corrected chi connectivity index (χ0v) is 20.0. The van der Waals surface area contributed by atoms with Gasteiger partial charge in [-0.05, 0) is 36.4 Å². The maximum atomic E-state index is 11.7. The molecule has 0 atom stereocenters. The van der Waals surface area contributed by atoms with Crippen LogP contribution >= 0.6 is 0 Å². The summed E-state index contributed by atoms with van der Waals surface area (Å²) >= 11 is 0. The van der Waals surface area contributed by atoms with Gasteiger partial charge in [0.05, 0.1) is 12.5 Å². The van der Waals surface area contributed by atoms with Crippen LogP contribution < -0.4 is 20.8 Å². The molecule has 3 aromatic carbocycles. The number of phenols is 1. The number of phenolic OH excluding ortho intramolecular Hbond substituents is 1. The van der Waals surface area contributed by atoms with E-state index in [9.17, 15) is 14.7 Å². The highest BCUT2D eigenvalue weighted by Gasteiger charge is 2.18. The average Bonchev–Trinajstić information content (AvgIpc) is 3.21. The molecule has 8 heteroatoms. The molecule has 3 N–H and O–H groups in total. The van der Waals surface area contributed by atoms with Gasteiger partial charge in [0.1, 0.15) is 34.0 Å². The standard InChI is InChI=1S/C15H14O4.C13H11NO3/c1-8(2)14-15(17-3)10-6-9-4-5-13(16)18-11(9)7-12(10)19-14;14-9-6-7-11(12(15)8-9)13(16)17-10-4-2-1-3-5-10/h4-8H,1-3H3;1-8,15H,14H2. The largest absolute Gasteiger partial charge is 0.507 e. The van der Waals surface area contributed by atoms with Gasteiger partial charge in [-0.15, -0.1) is 0 Å². The summed E-state index contributed by atoms with van der Waals surface area (Å²) in [7, 11) is 1.63. The van der Waals surface area contributed by atoms with Gasteiger partial charge in [0.2, 0.25) is 0 Å². The molecule has 0 saturated carbocycles. The smallest absolute Gasteiger partial charge is 0.347 e. The van der Waals surface area contributed by atoms with Crippen molar-refractivity contribution in [1.29, 1.82) is 0 Å². The maximum Gasteiger partial charge on any atom is 0.347 e. The predicted octanol–water partition coefficient (Wildman–Crippen LogP) is 5.86. The van der Waals surface area contributed by atoms with Crippen molar-refractivity contribution < 1.29 is 28.2 Å². The van der Waals surface area contributed by atoms with Gasteiger partial charge in [-0.1, -0.05) is 32.0 Å². The predicted molar refractivity (Wildman–Crippen MR) is 137 cm³/mol. The van der Waals surface area contributed by atoms with E-state index in [2.05, 4.69) is 0 Å². The molecule has 5 rings (SSSR count). The molecule has 0 bridgehead atoms. The van der Waals surface area contributed by atoms with Gasteiger partial charge >= 0.3 is 11.6 Å². The first-order valence-corrected chi connectivity index (χ1v) is 11.2. The second kappa shape index (κ2) is 10.3. The van der Waals surface area contributed by atoms with E-state index in [0.29, 0.717) is 22.6 Å². The molecule has 0 aliphatic rings. The summed E-state index contributed by atoms with van der Waals surface area (Å²) in [5.41, 5.74) is 6.76. The van der Waals surface area contributed by atoms with Crippen molar-refractivity contribution in [2.45, 2.75) is 19.8 Å². The van der Waals surface area contributed by atoms with Gasteiger partial charge in [0.15, 0.2) is 5.75 Å². The lowest BCUT2D eigenvalue weighted by molar-refractivity contribution is 0.0731. The summed E-state index contributed by atoms with van der Waals surface area (Å²) in [6.45, 7) is 4.08. The van der Waals surface area contributed by atoms with E-state index in [1.165, 1.54) is 24.3 Å². The highest BCUT2D eigenvalue weighted by Crippen LogP contribution is 2.38. The summed E-state index contributed by atoms with van der Waals surface area (Å²) in [5.74, 6) is 1.39. The Balaban J connectivity index is 0.000000170. The highest BCUT2D eigenvalue weighted by molar-refractivity contribution is 5.97. The van der Waals surface area contributed by atoms with Gasteiger partial charge in [0.25, 0.3) is 0 Å². The number of furan rings is 1. The van der Waals surface area contributed by atoms with Gasteiger partial charge in [-0.3, -0.25) is 0 Å². The molecule has 0 amide bonds. The van der Waals surface area contributed by atoms with Gasteiger partial charge in [-0.2, -0.15) is 0 Å². The van der Waals surface area contributed by atoms with Crippen LogP contribution in [0.3, 0.4) is 0 Å². The number of carbonyl (C=O) groups excluding carboxylic acids is 1. The Morgan fingerprint density at radius 3 is 2.36 bits per heavy atom. The Hall–Kier alpha value is -4.72. The molecule has 8 nitrogen and oxygen atoms in total. The van der Waals surface area contributed by atoms with Gasteiger partial charge in [0, 0.05) is 35.2 Å². The third-order valence-corrected chi connectivity index (χ3v) is 5.33. The fourth-order valence-electron chi connectivity index (χ4n) is 3.62. The Kier molecular flexibility index (Phi) is 6.96. The molecule has 0 unspecified atom stereocenters. The van der Waals surface area contributed by atoms with Crippen LogP contribution in [0, 0.1) is 0 Å². The van der Waals surface area contributed by atoms with Crippen molar-refractivity contribution >= 4 is 33.6 Å². The molecule has 5 aromatic rings. The Morgan fingerprint density at radius 1 is 0.944 bits per heavy atom. The van der Waals surface area contributed by atoms with Crippen LogP contribution in [0.5, 0.6) is 17.2 Å². The number of hydrogen-bond donors (Lipinski definition) is 2. The van der Waals surface area contributed by atoms with E-state index < -0.39 is 5.97 Å². The Labute approximate surface area is 206 Å². The quantitative estimate of drug-likeness (QED) is 0.140. The fraction of sp³-hybridized carbons (Fsp3) is 0.143. The number of rotatable bonds is 4. The second-order valence-corrected chi connectivity index (χ2v) is 8.27. The number of para-hydroxylation sites is 1. The third-order valence-electron chi connectivity index (χ3n) is 5.33. The third kappa shape index (κ3) is 5.17. The maximum absolute atomic E-state index is 11.7. The molecule has 0 fully saturated rings. The number of nitrogens with two attached hydrogens (primary N) is 1.